The number of rotatable bonds is 3. The minimum Gasteiger partial charge on any atom is -0.458 e. The second kappa shape index (κ2) is 4.66. The zero-order valence-corrected chi connectivity index (χ0v) is 10.5. The van der Waals surface area contributed by atoms with E-state index < -0.39 is 0 Å². The fourth-order valence-electron chi connectivity index (χ4n) is 1.71. The van der Waals surface area contributed by atoms with Crippen molar-refractivity contribution in [2.75, 3.05) is 0 Å². The lowest BCUT2D eigenvalue weighted by atomic mass is 10.1. The van der Waals surface area contributed by atoms with Gasteiger partial charge in [-0.3, -0.25) is 0 Å². The molecule has 0 aliphatic carbocycles. The summed E-state index contributed by atoms with van der Waals surface area (Å²) >= 11 is 12.1. The van der Waals surface area contributed by atoms with Crippen LogP contribution in [0.5, 0.6) is 0 Å². The first-order chi connectivity index (χ1) is 7.63. The molecule has 2 rings (SSSR count). The van der Waals surface area contributed by atoms with E-state index in [1.54, 1.807) is 12.1 Å². The first-order valence-electron chi connectivity index (χ1n) is 5.26. The van der Waals surface area contributed by atoms with Crippen molar-refractivity contribution in [1.82, 2.24) is 0 Å². The van der Waals surface area contributed by atoms with Crippen molar-refractivity contribution in [3.05, 3.63) is 34.0 Å². The third-order valence-electron chi connectivity index (χ3n) is 2.57. The number of halogens is 2. The zero-order chi connectivity index (χ0) is 11.7. The van der Waals surface area contributed by atoms with Crippen molar-refractivity contribution in [2.24, 2.45) is 5.73 Å². The Hall–Kier alpha value is -0.700. The number of fused-ring (bicyclic) bond motifs is 1. The Morgan fingerprint density at radius 1 is 1.31 bits per heavy atom. The van der Waals surface area contributed by atoms with Crippen LogP contribution in [0.2, 0.25) is 10.0 Å². The molecular weight excluding hydrogens is 245 g/mol. The van der Waals surface area contributed by atoms with Crippen LogP contribution in [0.25, 0.3) is 11.0 Å². The molecule has 2 nitrogen and oxygen atoms in total. The summed E-state index contributed by atoms with van der Waals surface area (Å²) in [7, 11) is 0. The van der Waals surface area contributed by atoms with Crippen LogP contribution in [-0.2, 0) is 0 Å². The summed E-state index contributed by atoms with van der Waals surface area (Å²) in [5.74, 6) is 0.742. The molecule has 0 unspecified atom stereocenters. The summed E-state index contributed by atoms with van der Waals surface area (Å²) in [6, 6.07) is 5.27. The largest absolute Gasteiger partial charge is 0.458 e. The topological polar surface area (TPSA) is 39.2 Å². The molecule has 16 heavy (non-hydrogen) atoms. The van der Waals surface area contributed by atoms with Crippen LogP contribution in [-0.4, -0.2) is 0 Å². The fourth-order valence-corrected chi connectivity index (χ4v) is 2.12. The molecule has 0 saturated heterocycles. The molecule has 0 spiro atoms. The van der Waals surface area contributed by atoms with Gasteiger partial charge in [0.25, 0.3) is 0 Å². The highest BCUT2D eigenvalue weighted by molar-refractivity contribution is 6.39. The monoisotopic (exact) mass is 257 g/mol. The van der Waals surface area contributed by atoms with Crippen molar-refractivity contribution < 1.29 is 4.42 Å². The van der Waals surface area contributed by atoms with E-state index in [1.807, 2.05) is 6.07 Å². The molecule has 1 aromatic heterocycles. The molecule has 1 heterocycles. The van der Waals surface area contributed by atoms with E-state index >= 15 is 0 Å². The third kappa shape index (κ3) is 2.05. The molecule has 0 aliphatic heterocycles. The van der Waals surface area contributed by atoms with Crippen molar-refractivity contribution in [3.63, 3.8) is 0 Å². The predicted octanol–water partition coefficient (Wildman–Crippen LogP) is 4.54. The zero-order valence-electron chi connectivity index (χ0n) is 8.97. The van der Waals surface area contributed by atoms with Crippen molar-refractivity contribution >= 4 is 34.2 Å². The van der Waals surface area contributed by atoms with E-state index in [-0.39, 0.29) is 6.04 Å². The van der Waals surface area contributed by atoms with Crippen LogP contribution < -0.4 is 5.73 Å². The predicted molar refractivity (Wildman–Crippen MR) is 68.1 cm³/mol. The molecule has 86 valence electrons. The standard InChI is InChI=1S/C12H13Cl2NO/c1-2-3-10(15)11-6-7-8(13)4-5-9(14)12(7)16-11/h4-6,10H,2-3,15H2,1H3/t10-/m1/s1. The number of nitrogens with two attached hydrogens (primary N) is 1. The summed E-state index contributed by atoms with van der Waals surface area (Å²) in [6.45, 7) is 2.09. The highest BCUT2D eigenvalue weighted by Crippen LogP contribution is 2.34. The van der Waals surface area contributed by atoms with Gasteiger partial charge in [0.1, 0.15) is 5.76 Å². The van der Waals surface area contributed by atoms with Crippen molar-refractivity contribution in [2.45, 2.75) is 25.8 Å². The van der Waals surface area contributed by atoms with E-state index in [0.29, 0.717) is 15.6 Å². The molecular formula is C12H13Cl2NO. The van der Waals surface area contributed by atoms with Gasteiger partial charge in [0.15, 0.2) is 5.58 Å². The summed E-state index contributed by atoms with van der Waals surface area (Å²) in [5.41, 5.74) is 6.61. The normalized spacial score (nSPS) is 13.2. The van der Waals surface area contributed by atoms with Crippen LogP contribution in [0, 0.1) is 0 Å². The van der Waals surface area contributed by atoms with Crippen LogP contribution in [0.4, 0.5) is 0 Å². The molecule has 2 N–H and O–H groups in total. The molecule has 1 aromatic carbocycles. The van der Waals surface area contributed by atoms with Gasteiger partial charge in [-0.2, -0.15) is 0 Å². The van der Waals surface area contributed by atoms with E-state index in [0.717, 1.165) is 24.0 Å². The summed E-state index contributed by atoms with van der Waals surface area (Å²) in [5, 5.41) is 2.03. The second-order valence-electron chi connectivity index (χ2n) is 3.82. The van der Waals surface area contributed by atoms with E-state index in [2.05, 4.69) is 6.92 Å². The SMILES string of the molecule is CCC[C@@H](N)c1cc2c(Cl)ccc(Cl)c2o1. The second-order valence-corrected chi connectivity index (χ2v) is 4.63. The number of benzene rings is 1. The molecule has 0 bridgehead atoms. The molecule has 0 amide bonds. The molecule has 0 saturated carbocycles. The van der Waals surface area contributed by atoms with Crippen LogP contribution in [0.1, 0.15) is 31.6 Å². The van der Waals surface area contributed by atoms with E-state index in [1.165, 1.54) is 0 Å². The van der Waals surface area contributed by atoms with Gasteiger partial charge in [-0.15, -0.1) is 0 Å². The average Bonchev–Trinajstić information content (AvgIpc) is 2.70. The van der Waals surface area contributed by atoms with Crippen molar-refractivity contribution in [3.8, 4) is 0 Å². The quantitative estimate of drug-likeness (QED) is 0.877. The van der Waals surface area contributed by atoms with Gasteiger partial charge in [-0.1, -0.05) is 36.5 Å². The maximum Gasteiger partial charge on any atom is 0.154 e. The van der Waals surface area contributed by atoms with Crippen LogP contribution in [0.15, 0.2) is 22.6 Å². The van der Waals surface area contributed by atoms with Gasteiger partial charge in [-0.25, -0.2) is 0 Å². The lowest BCUT2D eigenvalue weighted by Gasteiger charge is -2.04. The molecule has 0 fully saturated rings. The summed E-state index contributed by atoms with van der Waals surface area (Å²) < 4.78 is 5.65. The van der Waals surface area contributed by atoms with Gasteiger partial charge in [0.2, 0.25) is 0 Å². The first kappa shape index (κ1) is 11.8. The number of hydrogen-bond donors (Lipinski definition) is 1. The summed E-state index contributed by atoms with van der Waals surface area (Å²) in [6.07, 6.45) is 1.90. The Balaban J connectivity index is 2.51. The lowest BCUT2D eigenvalue weighted by molar-refractivity contribution is 0.475. The third-order valence-corrected chi connectivity index (χ3v) is 3.19. The average molecular weight is 258 g/mol. The van der Waals surface area contributed by atoms with Crippen molar-refractivity contribution in [1.29, 1.82) is 0 Å². The Bertz CT molecular complexity index is 468. The smallest absolute Gasteiger partial charge is 0.154 e. The molecule has 0 aliphatic rings. The van der Waals surface area contributed by atoms with Gasteiger partial charge in [0.05, 0.1) is 16.1 Å². The lowest BCUT2D eigenvalue weighted by Crippen LogP contribution is -2.08. The minimum absolute atomic E-state index is 0.0930. The maximum atomic E-state index is 6.06. The Morgan fingerprint density at radius 3 is 2.62 bits per heavy atom. The minimum atomic E-state index is -0.0930. The number of hydrogen-bond acceptors (Lipinski definition) is 2. The Kier molecular flexibility index (Phi) is 3.43. The molecule has 4 heteroatoms. The van der Waals surface area contributed by atoms with E-state index in [4.69, 9.17) is 33.4 Å². The van der Waals surface area contributed by atoms with E-state index in [9.17, 15) is 0 Å². The maximum absolute atomic E-state index is 6.06. The summed E-state index contributed by atoms with van der Waals surface area (Å²) in [4.78, 5) is 0. The molecule has 1 atom stereocenters. The van der Waals surface area contributed by atoms with Gasteiger partial charge >= 0.3 is 0 Å². The molecule has 2 aromatic rings. The molecule has 0 radical (unpaired) electrons. The fraction of sp³-hybridized carbons (Fsp3) is 0.333. The highest BCUT2D eigenvalue weighted by atomic mass is 35.5. The van der Waals surface area contributed by atoms with Crippen LogP contribution >= 0.6 is 23.2 Å². The first-order valence-corrected chi connectivity index (χ1v) is 6.02. The van der Waals surface area contributed by atoms with Crippen LogP contribution in [0.3, 0.4) is 0 Å². The Morgan fingerprint density at radius 2 is 2.00 bits per heavy atom. The van der Waals surface area contributed by atoms with Gasteiger partial charge < -0.3 is 10.2 Å². The highest BCUT2D eigenvalue weighted by Gasteiger charge is 2.14. The van der Waals surface area contributed by atoms with Gasteiger partial charge in [0, 0.05) is 5.39 Å². The Labute approximate surface area is 104 Å². The number of furan rings is 1. The van der Waals surface area contributed by atoms with Gasteiger partial charge in [-0.05, 0) is 24.6 Å².